The highest BCUT2D eigenvalue weighted by atomic mass is 35.5. The lowest BCUT2D eigenvalue weighted by atomic mass is 9.94. The third-order valence-corrected chi connectivity index (χ3v) is 6.31. The summed E-state index contributed by atoms with van der Waals surface area (Å²) in [6.45, 7) is 6.00. The largest absolute Gasteiger partial charge is 0.396 e. The number of nitrogens with zero attached hydrogens (tertiary/aromatic N) is 2. The van der Waals surface area contributed by atoms with Crippen molar-refractivity contribution in [2.24, 2.45) is 5.92 Å². The number of aliphatic hydroxyl groups excluding tert-OH is 1. The van der Waals surface area contributed by atoms with E-state index in [-0.39, 0.29) is 0 Å². The minimum Gasteiger partial charge on any atom is -0.396 e. The number of aliphatic hydroxyl groups is 1. The zero-order valence-corrected chi connectivity index (χ0v) is 14.1. The van der Waals surface area contributed by atoms with Gasteiger partial charge in [-0.1, -0.05) is 11.6 Å². The SMILES string of the molecule is OCC1CCCN(C2CCN(Cc3sccc3Cl)CC2)C1. The van der Waals surface area contributed by atoms with Crippen LogP contribution in [0.25, 0.3) is 0 Å². The van der Waals surface area contributed by atoms with E-state index in [2.05, 4.69) is 15.2 Å². The molecule has 0 saturated carbocycles. The Morgan fingerprint density at radius 1 is 1.24 bits per heavy atom. The molecule has 5 heteroatoms. The van der Waals surface area contributed by atoms with Crippen LogP contribution in [0.4, 0.5) is 0 Å². The van der Waals surface area contributed by atoms with E-state index in [9.17, 15) is 5.11 Å². The molecule has 0 aromatic carbocycles. The lowest BCUT2D eigenvalue weighted by Crippen LogP contribution is -2.48. The second-order valence-electron chi connectivity index (χ2n) is 6.38. The molecule has 2 fully saturated rings. The number of likely N-dealkylation sites (tertiary alicyclic amines) is 2. The Kier molecular flexibility index (Phi) is 5.57. The van der Waals surface area contributed by atoms with Crippen LogP contribution >= 0.6 is 22.9 Å². The van der Waals surface area contributed by atoms with Gasteiger partial charge in [0.25, 0.3) is 0 Å². The van der Waals surface area contributed by atoms with Crippen LogP contribution in [0.3, 0.4) is 0 Å². The molecule has 2 saturated heterocycles. The molecule has 1 unspecified atom stereocenters. The maximum Gasteiger partial charge on any atom is 0.0558 e. The lowest BCUT2D eigenvalue weighted by Gasteiger charge is -2.42. The van der Waals surface area contributed by atoms with Crippen molar-refractivity contribution in [3.8, 4) is 0 Å². The summed E-state index contributed by atoms with van der Waals surface area (Å²) >= 11 is 7.96. The number of rotatable bonds is 4. The Balaban J connectivity index is 1.47. The van der Waals surface area contributed by atoms with Crippen LogP contribution in [0.1, 0.15) is 30.6 Å². The highest BCUT2D eigenvalue weighted by Crippen LogP contribution is 2.27. The summed E-state index contributed by atoms with van der Waals surface area (Å²) in [5.41, 5.74) is 0. The van der Waals surface area contributed by atoms with Gasteiger partial charge in [0.2, 0.25) is 0 Å². The topological polar surface area (TPSA) is 26.7 Å². The minimum atomic E-state index is 0.353. The van der Waals surface area contributed by atoms with E-state index in [1.807, 2.05) is 6.07 Å². The zero-order valence-electron chi connectivity index (χ0n) is 12.5. The minimum absolute atomic E-state index is 0.353. The molecule has 1 aromatic heterocycles. The summed E-state index contributed by atoms with van der Waals surface area (Å²) in [4.78, 5) is 6.45. The van der Waals surface area contributed by atoms with E-state index in [0.29, 0.717) is 12.5 Å². The predicted octanol–water partition coefficient (Wildman–Crippen LogP) is 3.07. The third-order valence-electron chi connectivity index (χ3n) is 4.94. The highest BCUT2D eigenvalue weighted by Gasteiger charge is 2.28. The Morgan fingerprint density at radius 3 is 2.71 bits per heavy atom. The fraction of sp³-hybridized carbons (Fsp3) is 0.750. The number of hydrogen-bond donors (Lipinski definition) is 1. The molecule has 0 amide bonds. The fourth-order valence-electron chi connectivity index (χ4n) is 3.66. The third kappa shape index (κ3) is 3.99. The molecule has 3 heterocycles. The van der Waals surface area contributed by atoms with Crippen molar-refractivity contribution in [1.29, 1.82) is 0 Å². The van der Waals surface area contributed by atoms with E-state index < -0.39 is 0 Å². The standard InChI is InChI=1S/C16H25ClN2OS/c17-15-5-9-21-16(15)11-18-7-3-14(4-8-18)19-6-1-2-13(10-19)12-20/h5,9,13-14,20H,1-4,6-8,10-12H2. The number of halogens is 1. The van der Waals surface area contributed by atoms with Crippen LogP contribution in [0.2, 0.25) is 5.02 Å². The highest BCUT2D eigenvalue weighted by molar-refractivity contribution is 7.10. The van der Waals surface area contributed by atoms with E-state index in [1.165, 1.54) is 50.2 Å². The molecule has 1 N–H and O–H groups in total. The molecule has 0 radical (unpaired) electrons. The molecular formula is C16H25ClN2OS. The molecule has 21 heavy (non-hydrogen) atoms. The van der Waals surface area contributed by atoms with Gasteiger partial charge >= 0.3 is 0 Å². The number of piperidine rings is 2. The average Bonchev–Trinajstić information content (AvgIpc) is 2.93. The quantitative estimate of drug-likeness (QED) is 0.920. The van der Waals surface area contributed by atoms with Crippen molar-refractivity contribution >= 4 is 22.9 Å². The lowest BCUT2D eigenvalue weighted by molar-refractivity contribution is 0.0528. The smallest absolute Gasteiger partial charge is 0.0558 e. The van der Waals surface area contributed by atoms with Crippen LogP contribution in [-0.2, 0) is 6.54 Å². The first-order valence-electron chi connectivity index (χ1n) is 8.05. The zero-order chi connectivity index (χ0) is 14.7. The van der Waals surface area contributed by atoms with Gasteiger partial charge in [-0.05, 0) is 49.6 Å². The Bertz CT molecular complexity index is 445. The van der Waals surface area contributed by atoms with Crippen LogP contribution in [-0.4, -0.2) is 53.7 Å². The van der Waals surface area contributed by atoms with Gasteiger partial charge in [-0.3, -0.25) is 9.80 Å². The molecule has 3 rings (SSSR count). The van der Waals surface area contributed by atoms with Crippen LogP contribution < -0.4 is 0 Å². The van der Waals surface area contributed by atoms with Gasteiger partial charge < -0.3 is 5.11 Å². The van der Waals surface area contributed by atoms with Gasteiger partial charge in [-0.2, -0.15) is 0 Å². The average molecular weight is 329 g/mol. The summed E-state index contributed by atoms with van der Waals surface area (Å²) in [7, 11) is 0. The number of thiophene rings is 1. The van der Waals surface area contributed by atoms with E-state index in [4.69, 9.17) is 11.6 Å². The summed E-state index contributed by atoms with van der Waals surface area (Å²) in [6, 6.07) is 2.71. The first-order valence-corrected chi connectivity index (χ1v) is 9.31. The summed E-state index contributed by atoms with van der Waals surface area (Å²) in [5, 5.41) is 12.4. The molecule has 3 nitrogen and oxygen atoms in total. The maximum atomic E-state index is 9.37. The predicted molar refractivity (Wildman–Crippen MR) is 89.0 cm³/mol. The number of hydrogen-bond acceptors (Lipinski definition) is 4. The van der Waals surface area contributed by atoms with Crippen LogP contribution in [0.5, 0.6) is 0 Å². The first-order chi connectivity index (χ1) is 10.3. The molecule has 118 valence electrons. The van der Waals surface area contributed by atoms with Gasteiger partial charge in [-0.15, -0.1) is 11.3 Å². The molecule has 0 spiro atoms. The molecule has 1 aromatic rings. The van der Waals surface area contributed by atoms with E-state index in [0.717, 1.165) is 24.2 Å². The van der Waals surface area contributed by atoms with Gasteiger partial charge in [0, 0.05) is 43.7 Å². The van der Waals surface area contributed by atoms with E-state index >= 15 is 0 Å². The molecule has 2 aliphatic heterocycles. The second-order valence-corrected chi connectivity index (χ2v) is 7.79. The summed E-state index contributed by atoms with van der Waals surface area (Å²) in [6.07, 6.45) is 4.95. The maximum absolute atomic E-state index is 9.37. The van der Waals surface area contributed by atoms with Gasteiger partial charge in [0.05, 0.1) is 5.02 Å². The van der Waals surface area contributed by atoms with Gasteiger partial charge in [0.1, 0.15) is 0 Å². The monoisotopic (exact) mass is 328 g/mol. The first kappa shape index (κ1) is 15.8. The van der Waals surface area contributed by atoms with Crippen molar-refractivity contribution < 1.29 is 5.11 Å². The van der Waals surface area contributed by atoms with Crippen LogP contribution in [0, 0.1) is 5.92 Å². The van der Waals surface area contributed by atoms with Crippen LogP contribution in [0.15, 0.2) is 11.4 Å². The fourth-order valence-corrected chi connectivity index (χ4v) is 4.80. The van der Waals surface area contributed by atoms with Crippen molar-refractivity contribution in [3.63, 3.8) is 0 Å². The molecule has 0 aliphatic carbocycles. The van der Waals surface area contributed by atoms with Crippen molar-refractivity contribution in [2.75, 3.05) is 32.8 Å². The van der Waals surface area contributed by atoms with E-state index in [1.54, 1.807) is 11.3 Å². The summed E-state index contributed by atoms with van der Waals surface area (Å²) < 4.78 is 0. The van der Waals surface area contributed by atoms with Gasteiger partial charge in [-0.25, -0.2) is 0 Å². The molecule has 1 atom stereocenters. The Labute approximate surface area is 136 Å². The normalized spacial score (nSPS) is 26.3. The molecule has 0 bridgehead atoms. The summed E-state index contributed by atoms with van der Waals surface area (Å²) in [5.74, 6) is 0.502. The van der Waals surface area contributed by atoms with Crippen molar-refractivity contribution in [3.05, 3.63) is 21.3 Å². The second kappa shape index (κ2) is 7.42. The molecular weight excluding hydrogens is 304 g/mol. The Hall–Kier alpha value is -0.130. The Morgan fingerprint density at radius 2 is 2.05 bits per heavy atom. The van der Waals surface area contributed by atoms with Gasteiger partial charge in [0.15, 0.2) is 0 Å². The molecule has 2 aliphatic rings. The van der Waals surface area contributed by atoms with Crippen molar-refractivity contribution in [2.45, 2.75) is 38.3 Å². The van der Waals surface area contributed by atoms with Crippen molar-refractivity contribution in [1.82, 2.24) is 9.80 Å².